The number of amidine groups is 1. The maximum atomic E-state index is 13.0. The molecule has 0 N–H and O–H groups in total. The molecule has 1 amide bonds. The molecule has 34 heavy (non-hydrogen) atoms. The van der Waals surface area contributed by atoms with Gasteiger partial charge in [0.15, 0.2) is 26.5 Å². The van der Waals surface area contributed by atoms with Crippen LogP contribution in [0.3, 0.4) is 0 Å². The minimum Gasteiger partial charge on any atom is -0.497 e. The second-order valence-electron chi connectivity index (χ2n) is 7.86. The lowest BCUT2D eigenvalue weighted by Crippen LogP contribution is -2.38. The monoisotopic (exact) mass is 506 g/mol. The lowest BCUT2D eigenvalue weighted by atomic mass is 10.1. The summed E-state index contributed by atoms with van der Waals surface area (Å²) in [4.78, 5) is 19.1. The van der Waals surface area contributed by atoms with Crippen LogP contribution < -0.4 is 23.8 Å². The van der Waals surface area contributed by atoms with Gasteiger partial charge in [0.25, 0.3) is 5.91 Å². The summed E-state index contributed by atoms with van der Waals surface area (Å²) in [7, 11) is 2.97. The summed E-state index contributed by atoms with van der Waals surface area (Å²) in [6, 6.07) is 10.2. The number of hydrogen-bond donors (Lipinski definition) is 0. The lowest BCUT2D eigenvalue weighted by molar-refractivity contribution is -0.117. The van der Waals surface area contributed by atoms with Gasteiger partial charge < -0.3 is 23.8 Å². The number of benzene rings is 2. The average Bonchev–Trinajstić information content (AvgIpc) is 3.28. The third-order valence-corrected chi connectivity index (χ3v) is 8.95. The van der Waals surface area contributed by atoms with Gasteiger partial charge in [-0.1, -0.05) is 17.8 Å². The van der Waals surface area contributed by atoms with Crippen molar-refractivity contribution in [3.63, 3.8) is 0 Å². The Balaban J connectivity index is 1.68. The fourth-order valence-corrected chi connectivity index (χ4v) is 8.07. The predicted octanol–water partition coefficient (Wildman–Crippen LogP) is 2.57. The van der Waals surface area contributed by atoms with E-state index in [0.29, 0.717) is 33.9 Å². The highest BCUT2D eigenvalue weighted by Gasteiger charge is 2.50. The molecule has 0 unspecified atom stereocenters. The molecule has 9 nitrogen and oxygen atoms in total. The van der Waals surface area contributed by atoms with Crippen molar-refractivity contribution in [2.45, 2.75) is 17.7 Å². The molecule has 0 aromatic heterocycles. The van der Waals surface area contributed by atoms with Crippen LogP contribution in [0.15, 0.2) is 41.4 Å². The average molecular weight is 507 g/mol. The molecular formula is C23H26N2O7S2. The number of amides is 1. The van der Waals surface area contributed by atoms with E-state index in [1.54, 1.807) is 55.5 Å². The summed E-state index contributed by atoms with van der Waals surface area (Å²) in [6.45, 7) is 0. The van der Waals surface area contributed by atoms with Crippen molar-refractivity contribution >= 4 is 38.4 Å². The van der Waals surface area contributed by atoms with Gasteiger partial charge in [0.05, 0.1) is 58.1 Å². The number of fused-ring (bicyclic) bond motifs is 1. The molecule has 0 bridgehead atoms. The van der Waals surface area contributed by atoms with E-state index in [-0.39, 0.29) is 35.1 Å². The molecule has 2 fully saturated rings. The highest BCUT2D eigenvalue weighted by Crippen LogP contribution is 2.45. The molecule has 2 aliphatic rings. The molecule has 2 atom stereocenters. The van der Waals surface area contributed by atoms with Gasteiger partial charge in [-0.05, 0) is 29.8 Å². The zero-order chi connectivity index (χ0) is 24.5. The standard InChI is InChI=1S/C23H26N2O7S2/c1-29-15-6-8-18(30-2)16(11-15)25-17-12-34(27,28)13-21(17)33-23(25)24-22(26)10-14-5-7-19(31-3)20(9-14)32-4/h5-9,11,17,21H,10,12-13H2,1-4H3/t17-,21+/m0/s1. The van der Waals surface area contributed by atoms with Crippen LogP contribution in [0.2, 0.25) is 0 Å². The maximum Gasteiger partial charge on any atom is 0.252 e. The number of nitrogens with zero attached hydrogens (tertiary/aromatic N) is 2. The van der Waals surface area contributed by atoms with Gasteiger partial charge in [-0.15, -0.1) is 0 Å². The molecule has 2 aromatic carbocycles. The van der Waals surface area contributed by atoms with Crippen LogP contribution in [0.1, 0.15) is 5.56 Å². The van der Waals surface area contributed by atoms with Gasteiger partial charge in [-0.25, -0.2) is 8.42 Å². The minimum absolute atomic E-state index is 0.0199. The number of sulfone groups is 1. The second-order valence-corrected chi connectivity index (χ2v) is 11.2. The van der Waals surface area contributed by atoms with Crippen LogP contribution in [-0.4, -0.2) is 70.7 Å². The molecule has 0 spiro atoms. The van der Waals surface area contributed by atoms with E-state index in [9.17, 15) is 13.2 Å². The molecular weight excluding hydrogens is 480 g/mol. The number of ether oxygens (including phenoxy) is 4. The van der Waals surface area contributed by atoms with Crippen molar-refractivity contribution in [3.05, 3.63) is 42.0 Å². The molecule has 11 heteroatoms. The first-order chi connectivity index (χ1) is 16.3. The first-order valence-electron chi connectivity index (χ1n) is 10.5. The van der Waals surface area contributed by atoms with Gasteiger partial charge in [-0.3, -0.25) is 4.79 Å². The Labute approximate surface area is 203 Å². The Hall–Kier alpha value is -2.92. The van der Waals surface area contributed by atoms with Crippen LogP contribution in [0, 0.1) is 0 Å². The number of rotatable bonds is 7. The summed E-state index contributed by atoms with van der Waals surface area (Å²) < 4.78 is 46.2. The Morgan fingerprint density at radius 1 is 0.971 bits per heavy atom. The Bertz CT molecular complexity index is 1230. The Morgan fingerprint density at radius 3 is 2.35 bits per heavy atom. The van der Waals surface area contributed by atoms with Gasteiger partial charge in [-0.2, -0.15) is 4.99 Å². The van der Waals surface area contributed by atoms with Crippen molar-refractivity contribution < 1.29 is 32.2 Å². The first kappa shape index (κ1) is 24.2. The zero-order valence-corrected chi connectivity index (χ0v) is 20.9. The number of carbonyl (C=O) groups is 1. The number of hydrogen-bond acceptors (Lipinski definition) is 8. The second kappa shape index (κ2) is 9.75. The van der Waals surface area contributed by atoms with Crippen molar-refractivity contribution in [2.24, 2.45) is 4.99 Å². The van der Waals surface area contributed by atoms with E-state index in [4.69, 9.17) is 18.9 Å². The highest BCUT2D eigenvalue weighted by molar-refractivity contribution is 8.16. The van der Waals surface area contributed by atoms with E-state index in [2.05, 4.69) is 4.99 Å². The molecule has 0 saturated carbocycles. The number of methoxy groups -OCH3 is 4. The maximum absolute atomic E-state index is 13.0. The quantitative estimate of drug-likeness (QED) is 0.560. The van der Waals surface area contributed by atoms with Crippen LogP contribution in [0.5, 0.6) is 23.0 Å². The Morgan fingerprint density at radius 2 is 1.68 bits per heavy atom. The van der Waals surface area contributed by atoms with E-state index >= 15 is 0 Å². The molecule has 2 aromatic rings. The molecule has 182 valence electrons. The lowest BCUT2D eigenvalue weighted by Gasteiger charge is -2.26. The van der Waals surface area contributed by atoms with Crippen molar-refractivity contribution in [3.8, 4) is 23.0 Å². The molecule has 0 aliphatic carbocycles. The largest absolute Gasteiger partial charge is 0.497 e. The molecule has 2 saturated heterocycles. The van der Waals surface area contributed by atoms with Crippen LogP contribution in [0.25, 0.3) is 0 Å². The van der Waals surface area contributed by atoms with Crippen LogP contribution in [-0.2, 0) is 21.1 Å². The van der Waals surface area contributed by atoms with E-state index in [1.165, 1.54) is 26.0 Å². The zero-order valence-electron chi connectivity index (χ0n) is 19.3. The third-order valence-electron chi connectivity index (χ3n) is 5.74. The smallest absolute Gasteiger partial charge is 0.252 e. The SMILES string of the molecule is COc1ccc(OC)c(N2C(=NC(=O)Cc3ccc(OC)c(OC)c3)S[C@@H]3CS(=O)(=O)C[C@@H]32)c1. The Kier molecular flexibility index (Phi) is 6.94. The topological polar surface area (TPSA) is 104 Å². The van der Waals surface area contributed by atoms with Gasteiger partial charge in [0, 0.05) is 11.3 Å². The molecule has 4 rings (SSSR count). The third kappa shape index (κ3) is 4.80. The number of thioether (sulfide) groups is 1. The van der Waals surface area contributed by atoms with Crippen molar-refractivity contribution in [1.29, 1.82) is 0 Å². The van der Waals surface area contributed by atoms with E-state index < -0.39 is 9.84 Å². The summed E-state index contributed by atoms with van der Waals surface area (Å²) in [5, 5.41) is 0.218. The number of aliphatic imine (C=N–C) groups is 1. The summed E-state index contributed by atoms with van der Waals surface area (Å²) >= 11 is 1.31. The van der Waals surface area contributed by atoms with Crippen LogP contribution >= 0.6 is 11.8 Å². The van der Waals surface area contributed by atoms with Crippen molar-refractivity contribution in [1.82, 2.24) is 0 Å². The summed E-state index contributed by atoms with van der Waals surface area (Å²) in [5.41, 5.74) is 1.33. The fraction of sp³-hybridized carbons (Fsp3) is 0.391. The minimum atomic E-state index is -3.20. The van der Waals surface area contributed by atoms with Crippen molar-refractivity contribution in [2.75, 3.05) is 44.8 Å². The predicted molar refractivity (Wildman–Crippen MR) is 132 cm³/mol. The first-order valence-corrected chi connectivity index (χ1v) is 13.2. The number of anilines is 1. The van der Waals surface area contributed by atoms with Gasteiger partial charge >= 0.3 is 0 Å². The molecule has 0 radical (unpaired) electrons. The summed E-state index contributed by atoms with van der Waals surface area (Å²) in [6.07, 6.45) is 0.0567. The molecule has 2 heterocycles. The van der Waals surface area contributed by atoms with Gasteiger partial charge in [0.2, 0.25) is 0 Å². The molecule has 2 aliphatic heterocycles. The van der Waals surface area contributed by atoms with E-state index in [0.717, 1.165) is 5.56 Å². The fourth-order valence-electron chi connectivity index (χ4n) is 4.14. The summed E-state index contributed by atoms with van der Waals surface area (Å²) in [5.74, 6) is 1.87. The normalized spacial score (nSPS) is 21.9. The van der Waals surface area contributed by atoms with Crippen LogP contribution in [0.4, 0.5) is 5.69 Å². The highest BCUT2D eigenvalue weighted by atomic mass is 32.2. The number of carbonyl (C=O) groups excluding carboxylic acids is 1. The van der Waals surface area contributed by atoms with Gasteiger partial charge in [0.1, 0.15) is 11.5 Å². The van der Waals surface area contributed by atoms with E-state index in [1.807, 2.05) is 0 Å².